The maximum Gasteiger partial charge on any atom is 0.318 e. The normalized spacial score (nSPS) is 12.9. The number of anilines is 1. The zero-order valence-electron chi connectivity index (χ0n) is 28.0. The van der Waals surface area contributed by atoms with E-state index in [1.807, 2.05) is 25.2 Å². The molecule has 0 aliphatic rings. The highest BCUT2D eigenvalue weighted by atomic mass is 19.1. The molecule has 0 saturated heterocycles. The molecule has 7 nitrogen and oxygen atoms in total. The van der Waals surface area contributed by atoms with E-state index in [1.165, 1.54) is 19.3 Å². The van der Waals surface area contributed by atoms with E-state index in [-0.39, 0.29) is 11.7 Å². The summed E-state index contributed by atoms with van der Waals surface area (Å²) in [5.74, 6) is 0.969. The van der Waals surface area contributed by atoms with Crippen molar-refractivity contribution in [2.45, 2.75) is 92.0 Å². The smallest absolute Gasteiger partial charge is 0.318 e. The van der Waals surface area contributed by atoms with Crippen LogP contribution in [0.25, 0.3) is 32.8 Å². The van der Waals surface area contributed by atoms with Crippen LogP contribution in [0.5, 0.6) is 6.01 Å². The molecular weight excluding hydrogens is 565 g/mol. The van der Waals surface area contributed by atoms with Gasteiger partial charge in [-0.15, -0.1) is 4.91 Å². The van der Waals surface area contributed by atoms with E-state index in [2.05, 4.69) is 50.0 Å². The maximum atomic E-state index is 16.3. The van der Waals surface area contributed by atoms with Crippen LogP contribution in [-0.2, 0) is 6.42 Å². The summed E-state index contributed by atoms with van der Waals surface area (Å²) < 4.78 is 22.5. The lowest BCUT2D eigenvalue weighted by Crippen LogP contribution is -2.40. The van der Waals surface area contributed by atoms with Gasteiger partial charge < -0.3 is 15.0 Å². The van der Waals surface area contributed by atoms with Gasteiger partial charge in [-0.3, -0.25) is 0 Å². The maximum absolute atomic E-state index is 16.3. The summed E-state index contributed by atoms with van der Waals surface area (Å²) in [6, 6.07) is 13.3. The average Bonchev–Trinajstić information content (AvgIpc) is 3.06. The van der Waals surface area contributed by atoms with E-state index < -0.39 is 5.82 Å². The van der Waals surface area contributed by atoms with Crippen molar-refractivity contribution >= 4 is 33.2 Å². The molecule has 0 amide bonds. The van der Waals surface area contributed by atoms with Gasteiger partial charge in [-0.1, -0.05) is 71.6 Å². The Kier molecular flexibility index (Phi) is 12.6. The minimum Gasteiger partial charge on any atom is -0.463 e. The fourth-order valence-corrected chi connectivity index (χ4v) is 6.48. The van der Waals surface area contributed by atoms with Crippen molar-refractivity contribution in [1.82, 2.24) is 15.3 Å². The van der Waals surface area contributed by atoms with Crippen molar-refractivity contribution < 1.29 is 9.13 Å². The lowest BCUT2D eigenvalue weighted by atomic mass is 9.92. The lowest BCUT2D eigenvalue weighted by molar-refractivity contribution is 0.268. The Morgan fingerprint density at radius 3 is 2.44 bits per heavy atom. The second kappa shape index (κ2) is 16.6. The molecule has 0 radical (unpaired) electrons. The number of halogens is 1. The predicted octanol–water partition coefficient (Wildman–Crippen LogP) is 9.75. The molecule has 0 spiro atoms. The predicted molar refractivity (Wildman–Crippen MR) is 186 cm³/mol. The fraction of sp³-hybridized carbons (Fsp3) is 0.514. The number of rotatable bonds is 18. The first-order valence-electron chi connectivity index (χ1n) is 16.9. The van der Waals surface area contributed by atoms with Crippen LogP contribution in [0.15, 0.2) is 47.6 Å². The molecule has 1 N–H and O–H groups in total. The quantitative estimate of drug-likeness (QED) is 0.0887. The van der Waals surface area contributed by atoms with Gasteiger partial charge in [0.05, 0.1) is 12.1 Å². The first-order valence-corrected chi connectivity index (χ1v) is 16.9. The molecule has 242 valence electrons. The van der Waals surface area contributed by atoms with E-state index >= 15 is 4.39 Å². The molecule has 0 aliphatic heterocycles. The number of aromatic nitrogens is 2. The van der Waals surface area contributed by atoms with Crippen LogP contribution in [0, 0.1) is 16.6 Å². The van der Waals surface area contributed by atoms with Crippen LogP contribution < -0.4 is 15.0 Å². The molecule has 0 fully saturated rings. The second-order valence-electron chi connectivity index (χ2n) is 12.0. The number of fused-ring (bicyclic) bond motifs is 2. The van der Waals surface area contributed by atoms with Crippen LogP contribution in [-0.4, -0.2) is 42.8 Å². The van der Waals surface area contributed by atoms with Crippen molar-refractivity contribution in [2.24, 2.45) is 11.1 Å². The second-order valence-corrected chi connectivity index (χ2v) is 12.0. The summed E-state index contributed by atoms with van der Waals surface area (Å²) in [5.41, 5.74) is 2.95. The standard InChI is InChI=1S/C37H50FN5O2/c1-7-14-25(9-3)16-13-19-45-37-40-34-23-30(31-21-29(42-44)20-27-18-12-17-26(10-4)35(27)31)33(38)22-32(34)36(41-37)43(11-5)24-28(39-6)15-8-2/h12,17-18,20-23,25,28,39H,7-11,13-16,19,24H2,1-6H3. The highest BCUT2D eigenvalue weighted by molar-refractivity contribution is 6.03. The van der Waals surface area contributed by atoms with Gasteiger partial charge in [-0.2, -0.15) is 9.97 Å². The molecule has 1 aromatic heterocycles. The molecule has 1 heterocycles. The molecule has 0 saturated carbocycles. The van der Waals surface area contributed by atoms with E-state index in [1.54, 1.807) is 24.3 Å². The first kappa shape index (κ1) is 34.2. The van der Waals surface area contributed by atoms with Gasteiger partial charge in [-0.25, -0.2) is 4.39 Å². The molecule has 3 aromatic carbocycles. The summed E-state index contributed by atoms with van der Waals surface area (Å²) in [6.45, 7) is 12.8. The molecule has 0 bridgehead atoms. The van der Waals surface area contributed by atoms with Crippen molar-refractivity contribution in [3.8, 4) is 17.1 Å². The Labute approximate surface area is 268 Å². The van der Waals surface area contributed by atoms with Gasteiger partial charge in [0, 0.05) is 30.1 Å². The Hall–Kier alpha value is -3.65. The Balaban J connectivity index is 1.84. The fourth-order valence-electron chi connectivity index (χ4n) is 6.48. The number of nitrogens with one attached hydrogen (secondary N) is 1. The number of benzene rings is 3. The minimum atomic E-state index is -0.396. The molecular formula is C37H50FN5O2. The third-order valence-electron chi connectivity index (χ3n) is 9.00. The number of likely N-dealkylation sites (N-methyl/N-ethyl adjacent to an activating group) is 2. The van der Waals surface area contributed by atoms with Gasteiger partial charge in [0.25, 0.3) is 0 Å². The lowest BCUT2D eigenvalue weighted by Gasteiger charge is -2.28. The van der Waals surface area contributed by atoms with Gasteiger partial charge in [-0.05, 0) is 96.9 Å². The Morgan fingerprint density at radius 1 is 0.978 bits per heavy atom. The van der Waals surface area contributed by atoms with Crippen LogP contribution >= 0.6 is 0 Å². The molecule has 4 rings (SSSR count). The summed E-state index contributed by atoms with van der Waals surface area (Å²) in [6.07, 6.45) is 8.46. The molecule has 2 unspecified atom stereocenters. The summed E-state index contributed by atoms with van der Waals surface area (Å²) >= 11 is 0. The van der Waals surface area contributed by atoms with Crippen molar-refractivity contribution in [3.05, 3.63) is 58.8 Å². The van der Waals surface area contributed by atoms with Gasteiger partial charge >= 0.3 is 6.01 Å². The number of ether oxygens (including phenoxy) is 1. The molecule has 2 atom stereocenters. The Morgan fingerprint density at radius 2 is 1.78 bits per heavy atom. The number of hydrogen-bond donors (Lipinski definition) is 1. The SMILES string of the molecule is CCCC(CC)CCCOc1nc(N(CC)CC(CCC)NC)c2cc(F)c(-c3cc(N=O)cc4cccc(CC)c34)cc2n1. The van der Waals surface area contributed by atoms with Crippen LogP contribution in [0.4, 0.5) is 15.9 Å². The van der Waals surface area contributed by atoms with E-state index in [4.69, 9.17) is 14.7 Å². The first-order chi connectivity index (χ1) is 21.9. The largest absolute Gasteiger partial charge is 0.463 e. The number of hydrogen-bond acceptors (Lipinski definition) is 7. The van der Waals surface area contributed by atoms with E-state index in [0.717, 1.165) is 55.0 Å². The van der Waals surface area contributed by atoms with E-state index in [0.29, 0.717) is 52.9 Å². The van der Waals surface area contributed by atoms with E-state index in [9.17, 15) is 4.91 Å². The average molecular weight is 616 g/mol. The van der Waals surface area contributed by atoms with Crippen LogP contribution in [0.3, 0.4) is 0 Å². The van der Waals surface area contributed by atoms with Crippen molar-refractivity contribution in [1.29, 1.82) is 0 Å². The Bertz CT molecular complexity index is 1580. The van der Waals surface area contributed by atoms with Crippen molar-refractivity contribution in [3.63, 3.8) is 0 Å². The summed E-state index contributed by atoms with van der Waals surface area (Å²) in [5, 5.41) is 9.04. The van der Waals surface area contributed by atoms with Crippen LogP contribution in [0.2, 0.25) is 0 Å². The third kappa shape index (κ3) is 8.15. The topological polar surface area (TPSA) is 79.7 Å². The highest BCUT2D eigenvalue weighted by Gasteiger charge is 2.22. The highest BCUT2D eigenvalue weighted by Crippen LogP contribution is 2.39. The third-order valence-corrected chi connectivity index (χ3v) is 9.00. The minimum absolute atomic E-state index is 0.260. The molecule has 8 heteroatoms. The summed E-state index contributed by atoms with van der Waals surface area (Å²) in [4.78, 5) is 23.6. The van der Waals surface area contributed by atoms with Gasteiger partial charge in [0.1, 0.15) is 17.3 Å². The zero-order chi connectivity index (χ0) is 32.3. The van der Waals surface area contributed by atoms with Crippen molar-refractivity contribution in [2.75, 3.05) is 31.6 Å². The molecule has 45 heavy (non-hydrogen) atoms. The molecule has 4 aromatic rings. The molecule has 0 aliphatic carbocycles. The summed E-state index contributed by atoms with van der Waals surface area (Å²) in [7, 11) is 1.98. The van der Waals surface area contributed by atoms with Gasteiger partial charge in [0.2, 0.25) is 0 Å². The number of nitroso groups, excluding NO2 is 1. The van der Waals surface area contributed by atoms with Crippen LogP contribution in [0.1, 0.15) is 85.1 Å². The monoisotopic (exact) mass is 615 g/mol. The zero-order valence-corrected chi connectivity index (χ0v) is 28.0. The van der Waals surface area contributed by atoms with Gasteiger partial charge in [0.15, 0.2) is 0 Å². The number of aryl methyl sites for hydroxylation is 1. The number of nitrogens with zero attached hydrogens (tertiary/aromatic N) is 4.